The molecule has 3 heteroatoms. The van der Waals surface area contributed by atoms with Gasteiger partial charge in [-0.1, -0.05) is 12.0 Å². The van der Waals surface area contributed by atoms with Gasteiger partial charge in [0.15, 0.2) is 0 Å². The molecule has 0 radical (unpaired) electrons. The quantitative estimate of drug-likeness (QED) is 0.694. The molecule has 14 heavy (non-hydrogen) atoms. The number of fused-ring (bicyclic) bond motifs is 1. The van der Waals surface area contributed by atoms with E-state index in [-0.39, 0.29) is 5.76 Å². The van der Waals surface area contributed by atoms with E-state index >= 15 is 0 Å². The molecule has 0 aliphatic rings. The second-order valence-electron chi connectivity index (χ2n) is 2.78. The number of terminal acetylenes is 1. The van der Waals surface area contributed by atoms with Crippen LogP contribution in [-0.4, -0.2) is 11.1 Å². The summed E-state index contributed by atoms with van der Waals surface area (Å²) in [6.07, 6.45) is 5.26. The fourth-order valence-corrected chi connectivity index (χ4v) is 1.29. The van der Waals surface area contributed by atoms with E-state index in [0.29, 0.717) is 16.5 Å². The van der Waals surface area contributed by atoms with Gasteiger partial charge in [-0.15, -0.1) is 6.42 Å². The maximum absolute atomic E-state index is 10.6. The highest BCUT2D eigenvalue weighted by Crippen LogP contribution is 2.22. The number of rotatable bonds is 1. The number of carboxylic acid groups (broad SMARTS) is 1. The summed E-state index contributed by atoms with van der Waals surface area (Å²) >= 11 is 0. The van der Waals surface area contributed by atoms with E-state index in [0.717, 1.165) is 0 Å². The normalized spacial score (nSPS) is 9.93. The summed E-state index contributed by atoms with van der Waals surface area (Å²) in [7, 11) is 0. The van der Waals surface area contributed by atoms with Crippen molar-refractivity contribution in [1.29, 1.82) is 0 Å². The van der Waals surface area contributed by atoms with Gasteiger partial charge in [0, 0.05) is 17.0 Å². The lowest BCUT2D eigenvalue weighted by atomic mass is 10.1. The van der Waals surface area contributed by atoms with Gasteiger partial charge in [0.2, 0.25) is 5.76 Å². The van der Waals surface area contributed by atoms with E-state index in [1.165, 1.54) is 6.07 Å². The Bertz CT molecular complexity index is 543. The summed E-state index contributed by atoms with van der Waals surface area (Å²) in [5, 5.41) is 9.36. The fourth-order valence-electron chi connectivity index (χ4n) is 1.29. The summed E-state index contributed by atoms with van der Waals surface area (Å²) in [6.45, 7) is 0. The Labute approximate surface area is 80.0 Å². The molecule has 0 spiro atoms. The molecule has 3 nitrogen and oxygen atoms in total. The van der Waals surface area contributed by atoms with Crippen LogP contribution in [0.1, 0.15) is 16.1 Å². The summed E-state index contributed by atoms with van der Waals surface area (Å²) < 4.78 is 5.08. The van der Waals surface area contributed by atoms with Crippen molar-refractivity contribution < 1.29 is 14.3 Å². The van der Waals surface area contributed by atoms with Gasteiger partial charge in [-0.25, -0.2) is 4.79 Å². The molecule has 0 bridgehead atoms. The Kier molecular flexibility index (Phi) is 1.76. The predicted molar refractivity (Wildman–Crippen MR) is 51.1 cm³/mol. The highest BCUT2D eigenvalue weighted by atomic mass is 16.4. The molecular weight excluding hydrogens is 180 g/mol. The van der Waals surface area contributed by atoms with E-state index in [4.69, 9.17) is 15.9 Å². The topological polar surface area (TPSA) is 50.4 Å². The second kappa shape index (κ2) is 2.93. The summed E-state index contributed by atoms with van der Waals surface area (Å²) in [5.74, 6) is 1.28. The number of aromatic carboxylic acids is 1. The van der Waals surface area contributed by atoms with E-state index in [1.54, 1.807) is 18.2 Å². The van der Waals surface area contributed by atoms with Gasteiger partial charge in [-0.05, 0) is 12.1 Å². The molecule has 0 saturated heterocycles. The van der Waals surface area contributed by atoms with Crippen molar-refractivity contribution in [2.24, 2.45) is 0 Å². The molecule has 1 N–H and O–H groups in total. The molecule has 2 rings (SSSR count). The largest absolute Gasteiger partial charge is 0.475 e. The lowest BCUT2D eigenvalue weighted by Crippen LogP contribution is -1.91. The molecule has 68 valence electrons. The van der Waals surface area contributed by atoms with Gasteiger partial charge in [-0.2, -0.15) is 0 Å². The Balaban J connectivity index is 2.78. The number of carbonyl (C=O) groups is 1. The van der Waals surface area contributed by atoms with Crippen molar-refractivity contribution >= 4 is 16.9 Å². The highest BCUT2D eigenvalue weighted by Gasteiger charge is 2.11. The molecule has 0 unspecified atom stereocenters. The fraction of sp³-hybridized carbons (Fsp3) is 0. The first-order valence-electron chi connectivity index (χ1n) is 3.95. The van der Waals surface area contributed by atoms with Crippen molar-refractivity contribution in [2.45, 2.75) is 0 Å². The van der Waals surface area contributed by atoms with Crippen LogP contribution in [0.5, 0.6) is 0 Å². The average Bonchev–Trinajstić information content (AvgIpc) is 2.60. The first-order valence-corrected chi connectivity index (χ1v) is 3.95. The first-order chi connectivity index (χ1) is 6.72. The number of carboxylic acids is 1. The van der Waals surface area contributed by atoms with Gasteiger partial charge in [0.1, 0.15) is 5.58 Å². The van der Waals surface area contributed by atoms with Crippen LogP contribution in [0.25, 0.3) is 11.0 Å². The second-order valence-corrected chi connectivity index (χ2v) is 2.78. The van der Waals surface area contributed by atoms with Crippen molar-refractivity contribution in [2.75, 3.05) is 0 Å². The van der Waals surface area contributed by atoms with Gasteiger partial charge >= 0.3 is 5.97 Å². The zero-order valence-electron chi connectivity index (χ0n) is 7.15. The van der Waals surface area contributed by atoms with Crippen molar-refractivity contribution in [3.63, 3.8) is 0 Å². The van der Waals surface area contributed by atoms with Crippen LogP contribution < -0.4 is 0 Å². The maximum atomic E-state index is 10.6. The molecule has 0 fully saturated rings. The Hall–Kier alpha value is -2.21. The zero-order chi connectivity index (χ0) is 10.1. The Morgan fingerprint density at radius 1 is 1.50 bits per heavy atom. The summed E-state index contributed by atoms with van der Waals surface area (Å²) in [6, 6.07) is 6.59. The van der Waals surface area contributed by atoms with Gasteiger partial charge in [-0.3, -0.25) is 0 Å². The smallest absolute Gasteiger partial charge is 0.371 e. The van der Waals surface area contributed by atoms with Crippen LogP contribution >= 0.6 is 0 Å². The summed E-state index contributed by atoms with van der Waals surface area (Å²) in [4.78, 5) is 10.6. The first kappa shape index (κ1) is 8.39. The van der Waals surface area contributed by atoms with E-state index < -0.39 is 5.97 Å². The minimum atomic E-state index is -1.09. The molecule has 0 aliphatic carbocycles. The molecule has 0 saturated carbocycles. The van der Waals surface area contributed by atoms with Crippen LogP contribution in [-0.2, 0) is 0 Å². The third kappa shape index (κ3) is 1.14. The average molecular weight is 186 g/mol. The van der Waals surface area contributed by atoms with Crippen LogP contribution in [0, 0.1) is 12.3 Å². The van der Waals surface area contributed by atoms with Crippen molar-refractivity contribution in [1.82, 2.24) is 0 Å². The molecule has 2 aromatic rings. The van der Waals surface area contributed by atoms with Crippen LogP contribution in [0.3, 0.4) is 0 Å². The molecule has 0 amide bonds. The van der Waals surface area contributed by atoms with Gasteiger partial charge in [0.25, 0.3) is 0 Å². The van der Waals surface area contributed by atoms with E-state index in [9.17, 15) is 4.79 Å². The van der Waals surface area contributed by atoms with Crippen LogP contribution in [0.15, 0.2) is 28.7 Å². The standard InChI is InChI=1S/C11H6O3/c1-2-7-4-3-5-9-8(7)6-10(14-9)11(12)13/h1,3-6H,(H,12,13). The monoisotopic (exact) mass is 186 g/mol. The number of hydrogen-bond acceptors (Lipinski definition) is 2. The van der Waals surface area contributed by atoms with Crippen LogP contribution in [0.2, 0.25) is 0 Å². The predicted octanol–water partition coefficient (Wildman–Crippen LogP) is 2.11. The molecule has 1 aromatic carbocycles. The molecule has 1 heterocycles. The van der Waals surface area contributed by atoms with E-state index in [2.05, 4.69) is 5.92 Å². The lowest BCUT2D eigenvalue weighted by Gasteiger charge is -1.89. The SMILES string of the molecule is C#Cc1cccc2oc(C(=O)O)cc12. The number of benzene rings is 1. The zero-order valence-corrected chi connectivity index (χ0v) is 7.15. The summed E-state index contributed by atoms with van der Waals surface area (Å²) in [5.41, 5.74) is 1.14. The molecule has 0 atom stereocenters. The van der Waals surface area contributed by atoms with Crippen LogP contribution in [0.4, 0.5) is 0 Å². The number of furan rings is 1. The minimum absolute atomic E-state index is 0.0947. The minimum Gasteiger partial charge on any atom is -0.475 e. The van der Waals surface area contributed by atoms with Gasteiger partial charge < -0.3 is 9.52 Å². The Morgan fingerprint density at radius 2 is 2.29 bits per heavy atom. The lowest BCUT2D eigenvalue weighted by molar-refractivity contribution is 0.0665. The molecule has 0 aliphatic heterocycles. The molecule has 1 aromatic heterocycles. The van der Waals surface area contributed by atoms with Crippen molar-refractivity contribution in [3.05, 3.63) is 35.6 Å². The Morgan fingerprint density at radius 3 is 2.93 bits per heavy atom. The maximum Gasteiger partial charge on any atom is 0.371 e. The van der Waals surface area contributed by atoms with Crippen molar-refractivity contribution in [3.8, 4) is 12.3 Å². The third-order valence-corrected chi connectivity index (χ3v) is 1.93. The van der Waals surface area contributed by atoms with Gasteiger partial charge in [0.05, 0.1) is 0 Å². The highest BCUT2D eigenvalue weighted by molar-refractivity contribution is 5.93. The number of hydrogen-bond donors (Lipinski definition) is 1. The third-order valence-electron chi connectivity index (χ3n) is 1.93. The van der Waals surface area contributed by atoms with E-state index in [1.807, 2.05) is 0 Å². The molecular formula is C11H6O3.